The van der Waals surface area contributed by atoms with Crippen molar-refractivity contribution in [3.8, 4) is 0 Å². The lowest BCUT2D eigenvalue weighted by Gasteiger charge is -2.35. The lowest BCUT2D eigenvalue weighted by atomic mass is 9.90. The number of anilines is 1. The van der Waals surface area contributed by atoms with Crippen molar-refractivity contribution in [2.45, 2.75) is 32.2 Å². The summed E-state index contributed by atoms with van der Waals surface area (Å²) >= 11 is 0. The quantitative estimate of drug-likeness (QED) is 0.619. The van der Waals surface area contributed by atoms with Crippen LogP contribution in [0.25, 0.3) is 0 Å². The van der Waals surface area contributed by atoms with Crippen LogP contribution in [0.4, 0.5) is 14.5 Å². The predicted molar refractivity (Wildman–Crippen MR) is 119 cm³/mol. The minimum absolute atomic E-state index is 0.0556. The van der Waals surface area contributed by atoms with Crippen LogP contribution in [0.15, 0.2) is 48.7 Å². The topological polar surface area (TPSA) is 41.4 Å². The summed E-state index contributed by atoms with van der Waals surface area (Å²) in [6.45, 7) is 5.01. The van der Waals surface area contributed by atoms with Gasteiger partial charge in [-0.05, 0) is 48.7 Å². The maximum atomic E-state index is 13.6. The molecule has 7 heteroatoms. The molecule has 2 aliphatic heterocycles. The average Bonchev–Trinajstić information content (AvgIpc) is 3.24. The van der Waals surface area contributed by atoms with Crippen LogP contribution in [0.2, 0.25) is 0 Å². The highest BCUT2D eigenvalue weighted by Crippen LogP contribution is 2.30. The monoisotopic (exact) mass is 436 g/mol. The molecule has 1 aromatic heterocycles. The molecule has 1 fully saturated rings. The molecule has 0 radical (unpaired) electrons. The molecule has 0 saturated carbocycles. The number of rotatable bonds is 3. The molecule has 32 heavy (non-hydrogen) atoms. The Bertz CT molecular complexity index is 1150. The number of carbonyl (C=O) groups is 1. The van der Waals surface area contributed by atoms with Crippen LogP contribution >= 0.6 is 0 Å². The fourth-order valence-corrected chi connectivity index (χ4v) is 4.74. The maximum absolute atomic E-state index is 13.6. The number of carbonyl (C=O) groups excluding carboxylic acids is 1. The van der Waals surface area contributed by atoms with Crippen molar-refractivity contribution >= 4 is 11.6 Å². The summed E-state index contributed by atoms with van der Waals surface area (Å²) in [4.78, 5) is 21.6. The first-order valence-electron chi connectivity index (χ1n) is 11.1. The number of halogens is 2. The molecule has 2 aromatic carbocycles. The molecule has 1 atom stereocenters. The van der Waals surface area contributed by atoms with E-state index in [9.17, 15) is 13.6 Å². The van der Waals surface area contributed by atoms with Gasteiger partial charge in [-0.25, -0.2) is 13.8 Å². The van der Waals surface area contributed by atoms with Crippen LogP contribution < -0.4 is 4.90 Å². The molecule has 5 rings (SSSR count). The molecule has 0 N–H and O–H groups in total. The fraction of sp³-hybridized carbons (Fsp3) is 0.360. The third-order valence-corrected chi connectivity index (χ3v) is 6.61. The van der Waals surface area contributed by atoms with E-state index in [1.165, 1.54) is 18.2 Å². The van der Waals surface area contributed by atoms with Gasteiger partial charge in [0.1, 0.15) is 23.2 Å². The Morgan fingerprint density at radius 1 is 1.06 bits per heavy atom. The molecule has 2 aliphatic rings. The minimum Gasteiger partial charge on any atom is -0.368 e. The van der Waals surface area contributed by atoms with Crippen molar-refractivity contribution in [3.63, 3.8) is 0 Å². The number of amides is 1. The van der Waals surface area contributed by atoms with Gasteiger partial charge in [0.15, 0.2) is 0 Å². The van der Waals surface area contributed by atoms with Crippen molar-refractivity contribution < 1.29 is 13.6 Å². The lowest BCUT2D eigenvalue weighted by Crippen LogP contribution is -2.48. The zero-order chi connectivity index (χ0) is 22.2. The van der Waals surface area contributed by atoms with E-state index < -0.39 is 0 Å². The average molecular weight is 437 g/mol. The lowest BCUT2D eigenvalue weighted by molar-refractivity contribution is 0.0741. The van der Waals surface area contributed by atoms with Gasteiger partial charge in [-0.3, -0.25) is 4.79 Å². The standard InChI is InChI=1S/C25H26F2N4O/c1-17-13-18(5-7-22(17)27)19-6-8-24-28-23(16-31(24)15-19)25(32)30-11-9-29(10-12-30)21-4-2-3-20(26)14-21/h2-5,7,13-14,16,19H,6,8-12,15H2,1H3. The molecule has 1 saturated heterocycles. The van der Waals surface area contributed by atoms with E-state index in [0.717, 1.165) is 36.5 Å². The molecule has 3 aromatic rings. The number of aryl methyl sites for hydroxylation is 2. The van der Waals surface area contributed by atoms with Gasteiger partial charge in [-0.2, -0.15) is 0 Å². The second-order valence-electron chi connectivity index (χ2n) is 8.70. The van der Waals surface area contributed by atoms with Crippen LogP contribution in [-0.4, -0.2) is 46.5 Å². The van der Waals surface area contributed by atoms with Crippen molar-refractivity contribution in [3.05, 3.63) is 82.9 Å². The van der Waals surface area contributed by atoms with Gasteiger partial charge in [0, 0.05) is 56.9 Å². The predicted octanol–water partition coefficient (Wildman–Crippen LogP) is 4.16. The van der Waals surface area contributed by atoms with Gasteiger partial charge in [0.25, 0.3) is 5.91 Å². The largest absolute Gasteiger partial charge is 0.368 e. The molecule has 0 bridgehead atoms. The van der Waals surface area contributed by atoms with E-state index in [-0.39, 0.29) is 23.5 Å². The Kier molecular flexibility index (Phi) is 5.41. The van der Waals surface area contributed by atoms with Gasteiger partial charge in [-0.15, -0.1) is 0 Å². The first kappa shape index (κ1) is 20.7. The van der Waals surface area contributed by atoms with Crippen LogP contribution in [0.5, 0.6) is 0 Å². The van der Waals surface area contributed by atoms with E-state index >= 15 is 0 Å². The molecule has 166 valence electrons. The summed E-state index contributed by atoms with van der Waals surface area (Å²) in [6, 6.07) is 11.9. The molecule has 0 spiro atoms. The highest BCUT2D eigenvalue weighted by Gasteiger charge is 2.27. The third kappa shape index (κ3) is 3.99. The Balaban J connectivity index is 1.25. The first-order chi connectivity index (χ1) is 15.5. The Labute approximate surface area is 186 Å². The van der Waals surface area contributed by atoms with Crippen molar-refractivity contribution in [1.29, 1.82) is 0 Å². The van der Waals surface area contributed by atoms with Crippen LogP contribution in [0.1, 0.15) is 39.8 Å². The summed E-state index contributed by atoms with van der Waals surface area (Å²) in [5.41, 5.74) is 3.11. The number of aromatic nitrogens is 2. The number of hydrogen-bond donors (Lipinski definition) is 0. The molecular formula is C25H26F2N4O. The fourth-order valence-electron chi connectivity index (χ4n) is 4.74. The zero-order valence-corrected chi connectivity index (χ0v) is 18.1. The molecule has 0 aliphatic carbocycles. The molecule has 3 heterocycles. The van der Waals surface area contributed by atoms with E-state index in [1.807, 2.05) is 29.3 Å². The Morgan fingerprint density at radius 2 is 1.88 bits per heavy atom. The summed E-state index contributed by atoms with van der Waals surface area (Å²) < 4.78 is 29.2. The number of nitrogens with zero attached hydrogens (tertiary/aromatic N) is 4. The van der Waals surface area contributed by atoms with Gasteiger partial charge >= 0.3 is 0 Å². The van der Waals surface area contributed by atoms with E-state index in [2.05, 4.69) is 14.5 Å². The molecule has 1 unspecified atom stereocenters. The van der Waals surface area contributed by atoms with E-state index in [1.54, 1.807) is 13.0 Å². The summed E-state index contributed by atoms with van der Waals surface area (Å²) in [5, 5.41) is 0. The molecule has 1 amide bonds. The van der Waals surface area contributed by atoms with Crippen LogP contribution in [-0.2, 0) is 13.0 Å². The smallest absolute Gasteiger partial charge is 0.274 e. The molecule has 5 nitrogen and oxygen atoms in total. The minimum atomic E-state index is -0.251. The van der Waals surface area contributed by atoms with E-state index in [0.29, 0.717) is 37.4 Å². The SMILES string of the molecule is Cc1cc(C2CCc3nc(C(=O)N4CCN(c5cccc(F)c5)CC4)cn3C2)ccc1F. The number of fused-ring (bicyclic) bond motifs is 1. The Morgan fingerprint density at radius 3 is 2.62 bits per heavy atom. The maximum Gasteiger partial charge on any atom is 0.274 e. The van der Waals surface area contributed by atoms with Crippen molar-refractivity contribution in [2.75, 3.05) is 31.1 Å². The van der Waals surface area contributed by atoms with Gasteiger partial charge in [0.05, 0.1) is 0 Å². The van der Waals surface area contributed by atoms with Crippen molar-refractivity contribution in [1.82, 2.24) is 14.5 Å². The van der Waals surface area contributed by atoms with Crippen LogP contribution in [0.3, 0.4) is 0 Å². The normalized spacial score (nSPS) is 18.5. The van der Waals surface area contributed by atoms with Gasteiger partial charge < -0.3 is 14.4 Å². The second-order valence-corrected chi connectivity index (χ2v) is 8.70. The highest BCUT2D eigenvalue weighted by molar-refractivity contribution is 5.92. The zero-order valence-electron chi connectivity index (χ0n) is 18.1. The van der Waals surface area contributed by atoms with Crippen LogP contribution in [0, 0.1) is 18.6 Å². The summed E-state index contributed by atoms with van der Waals surface area (Å²) in [5.74, 6) is 0.729. The van der Waals surface area contributed by atoms with E-state index in [4.69, 9.17) is 0 Å². The summed E-state index contributed by atoms with van der Waals surface area (Å²) in [7, 11) is 0. The summed E-state index contributed by atoms with van der Waals surface area (Å²) in [6.07, 6.45) is 3.59. The number of piperazine rings is 1. The number of benzene rings is 2. The Hall–Kier alpha value is -3.22. The first-order valence-corrected chi connectivity index (χ1v) is 11.1. The highest BCUT2D eigenvalue weighted by atomic mass is 19.1. The van der Waals surface area contributed by atoms with Gasteiger partial charge in [-0.1, -0.05) is 18.2 Å². The van der Waals surface area contributed by atoms with Gasteiger partial charge in [0.2, 0.25) is 0 Å². The second kappa shape index (κ2) is 8.37. The number of imidazole rings is 1. The number of hydrogen-bond acceptors (Lipinski definition) is 3. The third-order valence-electron chi connectivity index (χ3n) is 6.61. The molecular weight excluding hydrogens is 410 g/mol. The van der Waals surface area contributed by atoms with Crippen molar-refractivity contribution in [2.24, 2.45) is 0 Å².